The summed E-state index contributed by atoms with van der Waals surface area (Å²) >= 11 is 0. The number of rotatable bonds is 5. The molecule has 3 aromatic rings. The van der Waals surface area contributed by atoms with Gasteiger partial charge in [-0.1, -0.05) is 42.5 Å². The smallest absolute Gasteiger partial charge is 0.151 e. The summed E-state index contributed by atoms with van der Waals surface area (Å²) < 4.78 is 1.74. The fraction of sp³-hybridized carbons (Fsp3) is 0.294. The third-order valence-corrected chi connectivity index (χ3v) is 3.74. The highest BCUT2D eigenvalue weighted by Gasteiger charge is 2.08. The van der Waals surface area contributed by atoms with Crippen LogP contribution in [0, 0.1) is 0 Å². The first-order valence-corrected chi connectivity index (χ1v) is 7.29. The van der Waals surface area contributed by atoms with Crippen LogP contribution in [-0.4, -0.2) is 21.3 Å². The summed E-state index contributed by atoms with van der Waals surface area (Å²) in [7, 11) is 1.89. The second-order valence-electron chi connectivity index (χ2n) is 5.33. The molecule has 0 saturated heterocycles. The Morgan fingerprint density at radius 1 is 1.14 bits per heavy atom. The molecule has 2 aromatic carbocycles. The SMILES string of the molecule is CC(NCCc1ncn(C)n1)c1cccc2ccccc12. The van der Waals surface area contributed by atoms with Gasteiger partial charge < -0.3 is 5.32 Å². The van der Waals surface area contributed by atoms with Gasteiger partial charge in [0.2, 0.25) is 0 Å². The second-order valence-corrected chi connectivity index (χ2v) is 5.33. The topological polar surface area (TPSA) is 42.7 Å². The summed E-state index contributed by atoms with van der Waals surface area (Å²) in [5, 5.41) is 10.5. The zero-order chi connectivity index (χ0) is 14.7. The summed E-state index contributed by atoms with van der Waals surface area (Å²) in [6.45, 7) is 3.07. The maximum Gasteiger partial charge on any atom is 0.151 e. The molecule has 0 amide bonds. The van der Waals surface area contributed by atoms with E-state index in [1.807, 2.05) is 7.05 Å². The normalized spacial score (nSPS) is 12.7. The lowest BCUT2D eigenvalue weighted by Crippen LogP contribution is -2.22. The lowest BCUT2D eigenvalue weighted by Gasteiger charge is -2.16. The van der Waals surface area contributed by atoms with Crippen LogP contribution in [0.3, 0.4) is 0 Å². The first-order chi connectivity index (χ1) is 10.2. The molecule has 21 heavy (non-hydrogen) atoms. The van der Waals surface area contributed by atoms with E-state index in [2.05, 4.69) is 64.8 Å². The lowest BCUT2D eigenvalue weighted by atomic mass is 10.00. The molecule has 1 aromatic heterocycles. The van der Waals surface area contributed by atoms with Crippen LogP contribution in [0.15, 0.2) is 48.8 Å². The molecular formula is C17H20N4. The van der Waals surface area contributed by atoms with E-state index in [9.17, 15) is 0 Å². The Labute approximate surface area is 124 Å². The number of aryl methyl sites for hydroxylation is 1. The number of hydrogen-bond acceptors (Lipinski definition) is 3. The molecule has 4 nitrogen and oxygen atoms in total. The Morgan fingerprint density at radius 3 is 2.76 bits per heavy atom. The number of nitrogens with one attached hydrogen (secondary N) is 1. The highest BCUT2D eigenvalue weighted by molar-refractivity contribution is 5.86. The van der Waals surface area contributed by atoms with Crippen molar-refractivity contribution in [1.82, 2.24) is 20.1 Å². The van der Waals surface area contributed by atoms with Gasteiger partial charge in [0, 0.05) is 26.1 Å². The number of benzene rings is 2. The molecule has 0 aliphatic heterocycles. The van der Waals surface area contributed by atoms with E-state index in [0.717, 1.165) is 18.8 Å². The minimum Gasteiger partial charge on any atom is -0.310 e. The van der Waals surface area contributed by atoms with Crippen molar-refractivity contribution in [3.8, 4) is 0 Å². The fourth-order valence-corrected chi connectivity index (χ4v) is 2.64. The van der Waals surface area contributed by atoms with E-state index >= 15 is 0 Å². The van der Waals surface area contributed by atoms with Crippen LogP contribution >= 0.6 is 0 Å². The zero-order valence-electron chi connectivity index (χ0n) is 12.5. The van der Waals surface area contributed by atoms with E-state index < -0.39 is 0 Å². The Morgan fingerprint density at radius 2 is 1.95 bits per heavy atom. The number of fused-ring (bicyclic) bond motifs is 1. The molecule has 0 aliphatic carbocycles. The van der Waals surface area contributed by atoms with Crippen LogP contribution in [0.5, 0.6) is 0 Å². The standard InChI is InChI=1S/C17H20N4/c1-13(18-11-10-17-19-12-21(2)20-17)15-9-5-7-14-6-3-4-8-16(14)15/h3-9,12-13,18H,10-11H2,1-2H3. The van der Waals surface area contributed by atoms with Gasteiger partial charge in [-0.3, -0.25) is 4.68 Å². The summed E-state index contributed by atoms with van der Waals surface area (Å²) in [5.41, 5.74) is 1.34. The van der Waals surface area contributed by atoms with Gasteiger partial charge in [-0.05, 0) is 23.3 Å². The molecule has 1 N–H and O–H groups in total. The number of hydrogen-bond donors (Lipinski definition) is 1. The third kappa shape index (κ3) is 3.11. The maximum atomic E-state index is 4.30. The van der Waals surface area contributed by atoms with Crippen molar-refractivity contribution >= 4 is 10.8 Å². The van der Waals surface area contributed by atoms with Crippen LogP contribution in [-0.2, 0) is 13.5 Å². The predicted molar refractivity (Wildman–Crippen MR) is 85.1 cm³/mol. The highest BCUT2D eigenvalue weighted by Crippen LogP contribution is 2.23. The van der Waals surface area contributed by atoms with Gasteiger partial charge in [-0.15, -0.1) is 0 Å². The van der Waals surface area contributed by atoms with Gasteiger partial charge in [0.15, 0.2) is 5.82 Å². The van der Waals surface area contributed by atoms with E-state index in [0.29, 0.717) is 6.04 Å². The fourth-order valence-electron chi connectivity index (χ4n) is 2.64. The van der Waals surface area contributed by atoms with Crippen molar-refractivity contribution in [2.45, 2.75) is 19.4 Å². The molecule has 1 atom stereocenters. The molecule has 1 heterocycles. The molecule has 0 bridgehead atoms. The summed E-state index contributed by atoms with van der Waals surface area (Å²) in [5.74, 6) is 0.884. The van der Waals surface area contributed by atoms with E-state index in [4.69, 9.17) is 0 Å². The average molecular weight is 280 g/mol. The molecule has 0 radical (unpaired) electrons. The molecule has 0 spiro atoms. The number of nitrogens with zero attached hydrogens (tertiary/aromatic N) is 3. The van der Waals surface area contributed by atoms with Crippen molar-refractivity contribution in [2.24, 2.45) is 7.05 Å². The van der Waals surface area contributed by atoms with Crippen LogP contribution in [0.1, 0.15) is 24.4 Å². The van der Waals surface area contributed by atoms with Crippen molar-refractivity contribution in [1.29, 1.82) is 0 Å². The molecule has 0 saturated carbocycles. The minimum absolute atomic E-state index is 0.305. The monoisotopic (exact) mass is 280 g/mol. The quantitative estimate of drug-likeness (QED) is 0.781. The molecule has 0 aliphatic rings. The van der Waals surface area contributed by atoms with Crippen LogP contribution in [0.4, 0.5) is 0 Å². The van der Waals surface area contributed by atoms with Crippen molar-refractivity contribution in [3.05, 3.63) is 60.2 Å². The molecular weight excluding hydrogens is 260 g/mol. The van der Waals surface area contributed by atoms with Gasteiger partial charge in [0.25, 0.3) is 0 Å². The van der Waals surface area contributed by atoms with Crippen LogP contribution in [0.25, 0.3) is 10.8 Å². The van der Waals surface area contributed by atoms with Crippen molar-refractivity contribution in [3.63, 3.8) is 0 Å². The lowest BCUT2D eigenvalue weighted by molar-refractivity contribution is 0.571. The highest BCUT2D eigenvalue weighted by atomic mass is 15.3. The predicted octanol–water partition coefficient (Wildman–Crippen LogP) is 2.86. The molecule has 4 heteroatoms. The first-order valence-electron chi connectivity index (χ1n) is 7.29. The average Bonchev–Trinajstić information content (AvgIpc) is 2.92. The molecule has 1 unspecified atom stereocenters. The van der Waals surface area contributed by atoms with Crippen molar-refractivity contribution < 1.29 is 0 Å². The van der Waals surface area contributed by atoms with Crippen molar-refractivity contribution in [2.75, 3.05) is 6.54 Å². The van der Waals surface area contributed by atoms with E-state index in [-0.39, 0.29) is 0 Å². The Bertz CT molecular complexity index is 727. The Hall–Kier alpha value is -2.20. The van der Waals surface area contributed by atoms with Gasteiger partial charge in [0.05, 0.1) is 0 Å². The van der Waals surface area contributed by atoms with Crippen LogP contribution in [0.2, 0.25) is 0 Å². The zero-order valence-corrected chi connectivity index (χ0v) is 12.5. The summed E-state index contributed by atoms with van der Waals surface area (Å²) in [6.07, 6.45) is 2.58. The second kappa shape index (κ2) is 6.06. The van der Waals surface area contributed by atoms with Gasteiger partial charge in [-0.25, -0.2) is 4.98 Å². The van der Waals surface area contributed by atoms with Crippen LogP contribution < -0.4 is 5.32 Å². The van der Waals surface area contributed by atoms with E-state index in [1.54, 1.807) is 11.0 Å². The molecule has 0 fully saturated rings. The largest absolute Gasteiger partial charge is 0.310 e. The summed E-state index contributed by atoms with van der Waals surface area (Å²) in [6, 6.07) is 15.3. The number of aromatic nitrogens is 3. The first kappa shape index (κ1) is 13.8. The molecule has 108 valence electrons. The molecule has 3 rings (SSSR count). The van der Waals surface area contributed by atoms with Gasteiger partial charge in [0.1, 0.15) is 6.33 Å². The van der Waals surface area contributed by atoms with Gasteiger partial charge in [-0.2, -0.15) is 5.10 Å². The summed E-state index contributed by atoms with van der Waals surface area (Å²) in [4.78, 5) is 4.25. The third-order valence-electron chi connectivity index (χ3n) is 3.74. The Kier molecular flexibility index (Phi) is 3.97. The minimum atomic E-state index is 0.305. The Balaban J connectivity index is 1.68. The van der Waals surface area contributed by atoms with Gasteiger partial charge >= 0.3 is 0 Å². The maximum absolute atomic E-state index is 4.30. The van der Waals surface area contributed by atoms with E-state index in [1.165, 1.54) is 16.3 Å².